The molecule has 0 aromatic rings. The molecule has 0 spiro atoms. The molecule has 0 N–H and O–H groups in total. The van der Waals surface area contributed by atoms with Gasteiger partial charge in [-0.2, -0.15) is 0 Å². The largest absolute Gasteiger partial charge is 0.462 e. The molecule has 1 rings (SSSR count). The van der Waals surface area contributed by atoms with Gasteiger partial charge in [-0.05, 0) is 50.9 Å². The lowest BCUT2D eigenvalue weighted by atomic mass is 9.91. The van der Waals surface area contributed by atoms with E-state index in [9.17, 15) is 4.79 Å². The summed E-state index contributed by atoms with van der Waals surface area (Å²) in [6.45, 7) is 8.17. The van der Waals surface area contributed by atoms with Crippen molar-refractivity contribution in [1.82, 2.24) is 0 Å². The van der Waals surface area contributed by atoms with Gasteiger partial charge in [-0.15, -0.1) is 0 Å². The third-order valence-electron chi connectivity index (χ3n) is 3.97. The Balaban J connectivity index is 2.66. The summed E-state index contributed by atoms with van der Waals surface area (Å²) >= 11 is 0. The fraction of sp³-hybridized carbons (Fsp3) is 0.800. The second-order valence-corrected chi connectivity index (χ2v) is 5.36. The van der Waals surface area contributed by atoms with E-state index >= 15 is 0 Å². The van der Waals surface area contributed by atoms with Crippen LogP contribution < -0.4 is 0 Å². The summed E-state index contributed by atoms with van der Waals surface area (Å²) in [5, 5.41) is 0. The van der Waals surface area contributed by atoms with Gasteiger partial charge in [-0.25, -0.2) is 0 Å². The number of rotatable bonds is 1. The molecule has 1 fully saturated rings. The van der Waals surface area contributed by atoms with Crippen LogP contribution in [-0.2, 0) is 9.53 Å². The molecule has 0 bridgehead atoms. The zero-order valence-electron chi connectivity index (χ0n) is 11.7. The lowest BCUT2D eigenvalue weighted by molar-refractivity contribution is -0.149. The van der Waals surface area contributed by atoms with Crippen LogP contribution in [-0.4, -0.2) is 12.1 Å². The van der Waals surface area contributed by atoms with Crippen LogP contribution in [0, 0.1) is 11.8 Å². The SMILES string of the molecule is C/C=C1/CCC(C)[C@@H](OC(C)=O)CCC[C@@H]1C. The van der Waals surface area contributed by atoms with Crippen LogP contribution in [0.1, 0.15) is 59.8 Å². The monoisotopic (exact) mass is 238 g/mol. The molecule has 0 heterocycles. The van der Waals surface area contributed by atoms with Gasteiger partial charge in [0.25, 0.3) is 0 Å². The van der Waals surface area contributed by atoms with Crippen LogP contribution in [0.4, 0.5) is 0 Å². The zero-order chi connectivity index (χ0) is 12.8. The lowest BCUT2D eigenvalue weighted by Gasteiger charge is -2.22. The molecule has 0 aromatic heterocycles. The average Bonchev–Trinajstić information content (AvgIpc) is 2.32. The maximum Gasteiger partial charge on any atom is 0.302 e. The number of ether oxygens (including phenoxy) is 1. The van der Waals surface area contributed by atoms with Crippen LogP contribution in [0.5, 0.6) is 0 Å². The number of esters is 1. The molecule has 1 saturated carbocycles. The Kier molecular flexibility index (Phi) is 5.73. The molecule has 2 nitrogen and oxygen atoms in total. The number of carbonyl (C=O) groups excluding carboxylic acids is 1. The van der Waals surface area contributed by atoms with Crippen molar-refractivity contribution in [3.63, 3.8) is 0 Å². The highest BCUT2D eigenvalue weighted by molar-refractivity contribution is 5.66. The van der Waals surface area contributed by atoms with Crippen molar-refractivity contribution in [2.45, 2.75) is 65.9 Å². The first-order valence-corrected chi connectivity index (χ1v) is 6.86. The Bertz CT molecular complexity index is 281. The van der Waals surface area contributed by atoms with Crippen LogP contribution >= 0.6 is 0 Å². The summed E-state index contributed by atoms with van der Waals surface area (Å²) in [6.07, 6.45) is 8.05. The second kappa shape index (κ2) is 6.83. The lowest BCUT2D eigenvalue weighted by Crippen LogP contribution is -2.24. The number of carbonyl (C=O) groups is 1. The standard InChI is InChI=1S/C15H26O2/c1-5-14-10-9-12(3)15(17-13(4)16)8-6-7-11(14)2/h5,11-12,15H,6-10H2,1-4H3/b14-5-/t11-,12?,15-/m0/s1. The van der Waals surface area contributed by atoms with Crippen molar-refractivity contribution in [1.29, 1.82) is 0 Å². The molecular formula is C15H26O2. The van der Waals surface area contributed by atoms with Crippen molar-refractivity contribution >= 4 is 5.97 Å². The smallest absolute Gasteiger partial charge is 0.302 e. The van der Waals surface area contributed by atoms with Gasteiger partial charge in [0.05, 0.1) is 0 Å². The third-order valence-corrected chi connectivity index (χ3v) is 3.97. The minimum absolute atomic E-state index is 0.121. The molecule has 17 heavy (non-hydrogen) atoms. The number of hydrogen-bond donors (Lipinski definition) is 0. The highest BCUT2D eigenvalue weighted by Crippen LogP contribution is 2.30. The Labute approximate surface area is 105 Å². The highest BCUT2D eigenvalue weighted by Gasteiger charge is 2.23. The molecule has 0 saturated heterocycles. The Hall–Kier alpha value is -0.790. The molecule has 1 unspecified atom stereocenters. The first kappa shape index (κ1) is 14.3. The van der Waals surface area contributed by atoms with E-state index in [1.165, 1.54) is 13.3 Å². The van der Waals surface area contributed by atoms with Crippen LogP contribution in [0.15, 0.2) is 11.6 Å². The number of hydrogen-bond acceptors (Lipinski definition) is 2. The first-order chi connectivity index (χ1) is 8.04. The Morgan fingerprint density at radius 1 is 1.29 bits per heavy atom. The van der Waals surface area contributed by atoms with Gasteiger partial charge >= 0.3 is 5.97 Å². The third kappa shape index (κ3) is 4.53. The van der Waals surface area contributed by atoms with E-state index in [0.717, 1.165) is 25.7 Å². The summed E-state index contributed by atoms with van der Waals surface area (Å²) in [4.78, 5) is 11.1. The number of allylic oxidation sites excluding steroid dienone is 2. The van der Waals surface area contributed by atoms with Gasteiger partial charge in [0.2, 0.25) is 0 Å². The van der Waals surface area contributed by atoms with E-state index in [4.69, 9.17) is 4.74 Å². The summed E-state index contributed by atoms with van der Waals surface area (Å²) in [7, 11) is 0. The molecule has 2 heteroatoms. The van der Waals surface area contributed by atoms with Crippen molar-refractivity contribution in [2.24, 2.45) is 11.8 Å². The summed E-state index contributed by atoms with van der Waals surface area (Å²) in [5.74, 6) is 1.02. The molecule has 0 amide bonds. The van der Waals surface area contributed by atoms with Crippen molar-refractivity contribution < 1.29 is 9.53 Å². The van der Waals surface area contributed by atoms with E-state index in [1.807, 2.05) is 0 Å². The summed E-state index contributed by atoms with van der Waals surface area (Å²) in [6, 6.07) is 0. The van der Waals surface area contributed by atoms with Crippen molar-refractivity contribution in [3.05, 3.63) is 11.6 Å². The molecule has 1 aliphatic carbocycles. The molecule has 98 valence electrons. The van der Waals surface area contributed by atoms with Crippen molar-refractivity contribution in [2.75, 3.05) is 0 Å². The predicted octanol–water partition coefficient (Wildman–Crippen LogP) is 4.10. The zero-order valence-corrected chi connectivity index (χ0v) is 11.7. The fourth-order valence-electron chi connectivity index (χ4n) is 2.74. The second-order valence-electron chi connectivity index (χ2n) is 5.36. The molecule has 3 atom stereocenters. The first-order valence-electron chi connectivity index (χ1n) is 6.86. The minimum Gasteiger partial charge on any atom is -0.462 e. The average molecular weight is 238 g/mol. The van der Waals surface area contributed by atoms with E-state index in [0.29, 0.717) is 11.8 Å². The summed E-state index contributed by atoms with van der Waals surface area (Å²) in [5.41, 5.74) is 1.57. The molecule has 1 aliphatic rings. The van der Waals surface area contributed by atoms with Gasteiger partial charge < -0.3 is 4.74 Å². The van der Waals surface area contributed by atoms with E-state index < -0.39 is 0 Å². The van der Waals surface area contributed by atoms with E-state index in [2.05, 4.69) is 26.8 Å². The maximum atomic E-state index is 11.1. The van der Waals surface area contributed by atoms with Gasteiger partial charge in [0, 0.05) is 6.92 Å². The highest BCUT2D eigenvalue weighted by atomic mass is 16.5. The van der Waals surface area contributed by atoms with Crippen molar-refractivity contribution in [3.8, 4) is 0 Å². The topological polar surface area (TPSA) is 26.3 Å². The van der Waals surface area contributed by atoms with E-state index in [1.54, 1.807) is 5.57 Å². The summed E-state index contributed by atoms with van der Waals surface area (Å²) < 4.78 is 5.44. The minimum atomic E-state index is -0.139. The molecule has 0 aromatic carbocycles. The van der Waals surface area contributed by atoms with Gasteiger partial charge in [0.1, 0.15) is 6.10 Å². The normalized spacial score (nSPS) is 33.6. The van der Waals surface area contributed by atoms with Crippen LogP contribution in [0.3, 0.4) is 0 Å². The van der Waals surface area contributed by atoms with Gasteiger partial charge in [-0.3, -0.25) is 4.79 Å². The fourth-order valence-corrected chi connectivity index (χ4v) is 2.74. The van der Waals surface area contributed by atoms with Gasteiger partial charge in [-0.1, -0.05) is 25.5 Å². The predicted molar refractivity (Wildman–Crippen MR) is 70.7 cm³/mol. The van der Waals surface area contributed by atoms with E-state index in [-0.39, 0.29) is 12.1 Å². The van der Waals surface area contributed by atoms with Crippen LogP contribution in [0.25, 0.3) is 0 Å². The maximum absolute atomic E-state index is 11.1. The van der Waals surface area contributed by atoms with Crippen LogP contribution in [0.2, 0.25) is 0 Å². The van der Waals surface area contributed by atoms with Gasteiger partial charge in [0.15, 0.2) is 0 Å². The molecule has 0 radical (unpaired) electrons. The quantitative estimate of drug-likeness (QED) is 0.508. The molecule has 0 aliphatic heterocycles. The Morgan fingerprint density at radius 2 is 2.00 bits per heavy atom. The Morgan fingerprint density at radius 3 is 2.59 bits per heavy atom. The molecular weight excluding hydrogens is 212 g/mol.